The molecule has 0 aliphatic rings. The molecular formula is C15H21NO. The average molecular weight is 231 g/mol. The van der Waals surface area contributed by atoms with E-state index in [1.165, 1.54) is 0 Å². The molecule has 1 aromatic carbocycles. The van der Waals surface area contributed by atoms with Crippen LogP contribution in [0.25, 0.3) is 0 Å². The molecule has 0 bridgehead atoms. The van der Waals surface area contributed by atoms with E-state index in [1.54, 1.807) is 0 Å². The van der Waals surface area contributed by atoms with Crippen LogP contribution in [0.15, 0.2) is 24.3 Å². The molecule has 0 aromatic heterocycles. The van der Waals surface area contributed by atoms with Crippen molar-refractivity contribution in [3.63, 3.8) is 0 Å². The quantitative estimate of drug-likeness (QED) is 0.787. The number of para-hydroxylation sites is 1. The summed E-state index contributed by atoms with van der Waals surface area (Å²) in [6, 6.07) is 8.03. The highest BCUT2D eigenvalue weighted by Gasteiger charge is 2.13. The predicted octanol–water partition coefficient (Wildman–Crippen LogP) is 2.98. The third-order valence-electron chi connectivity index (χ3n) is 2.42. The molecule has 0 atom stereocenters. The van der Waals surface area contributed by atoms with Crippen LogP contribution in [0.4, 0.5) is 0 Å². The van der Waals surface area contributed by atoms with E-state index in [2.05, 4.69) is 17.3 Å². The first-order valence-electron chi connectivity index (χ1n) is 5.92. The molecule has 0 fully saturated rings. The maximum absolute atomic E-state index is 5.75. The Morgan fingerprint density at radius 1 is 1.35 bits per heavy atom. The minimum atomic E-state index is -0.301. The molecule has 0 saturated carbocycles. The molecule has 17 heavy (non-hydrogen) atoms. The molecule has 0 unspecified atom stereocenters. The van der Waals surface area contributed by atoms with Crippen molar-refractivity contribution in [2.75, 3.05) is 0 Å². The highest BCUT2D eigenvalue weighted by molar-refractivity contribution is 5.33. The Morgan fingerprint density at radius 2 is 2.00 bits per heavy atom. The van der Waals surface area contributed by atoms with Crippen molar-refractivity contribution in [3.05, 3.63) is 29.8 Å². The fraction of sp³-hybridized carbons (Fsp3) is 0.467. The van der Waals surface area contributed by atoms with Gasteiger partial charge < -0.3 is 4.74 Å². The second-order valence-corrected chi connectivity index (χ2v) is 4.90. The summed E-state index contributed by atoms with van der Waals surface area (Å²) in [4.78, 5) is 0. The lowest BCUT2D eigenvalue weighted by molar-refractivity contribution is 0.239. The van der Waals surface area contributed by atoms with Crippen LogP contribution >= 0.6 is 0 Å². The Kier molecular flexibility index (Phi) is 4.60. The van der Waals surface area contributed by atoms with Gasteiger partial charge in [0.25, 0.3) is 0 Å². The van der Waals surface area contributed by atoms with E-state index in [9.17, 15) is 0 Å². The summed E-state index contributed by atoms with van der Waals surface area (Å²) >= 11 is 0. The molecule has 0 saturated heterocycles. The van der Waals surface area contributed by atoms with Gasteiger partial charge in [-0.05, 0) is 33.8 Å². The lowest BCUT2D eigenvalue weighted by Gasteiger charge is -2.21. The molecule has 0 amide bonds. The summed E-state index contributed by atoms with van der Waals surface area (Å²) in [5.41, 5.74) is 0.829. The van der Waals surface area contributed by atoms with Gasteiger partial charge in [-0.2, -0.15) is 0 Å². The van der Waals surface area contributed by atoms with Crippen LogP contribution in [-0.2, 0) is 6.54 Å². The molecule has 0 radical (unpaired) electrons. The molecule has 1 N–H and O–H groups in total. The second kappa shape index (κ2) is 5.75. The second-order valence-electron chi connectivity index (χ2n) is 4.90. The third kappa shape index (κ3) is 4.50. The van der Waals surface area contributed by atoms with Crippen LogP contribution in [0.3, 0.4) is 0 Å². The van der Waals surface area contributed by atoms with E-state index in [-0.39, 0.29) is 11.6 Å². The van der Waals surface area contributed by atoms with Crippen molar-refractivity contribution in [1.82, 2.24) is 5.32 Å². The monoisotopic (exact) mass is 231 g/mol. The zero-order valence-corrected chi connectivity index (χ0v) is 11.1. The van der Waals surface area contributed by atoms with Gasteiger partial charge in [0.05, 0.1) is 11.6 Å². The minimum absolute atomic E-state index is 0.178. The first-order valence-corrected chi connectivity index (χ1v) is 5.92. The molecule has 92 valence electrons. The number of hydrogen-bond donors (Lipinski definition) is 1. The lowest BCUT2D eigenvalue weighted by atomic mass is 10.1. The molecule has 2 nitrogen and oxygen atoms in total. The van der Waals surface area contributed by atoms with Crippen LogP contribution in [0.1, 0.15) is 33.3 Å². The van der Waals surface area contributed by atoms with Crippen LogP contribution < -0.4 is 10.1 Å². The number of ether oxygens (including phenoxy) is 1. The van der Waals surface area contributed by atoms with E-state index < -0.39 is 0 Å². The standard InChI is InChI=1S/C15H21NO/c1-6-15(4,5)16-11-13-9-7-8-10-14(13)17-12(2)3/h1,7-10,12,16H,11H2,2-5H3. The SMILES string of the molecule is C#CC(C)(C)NCc1ccccc1OC(C)C. The Hall–Kier alpha value is -1.46. The first-order chi connectivity index (χ1) is 7.94. The van der Waals surface area contributed by atoms with Gasteiger partial charge in [-0.15, -0.1) is 6.42 Å². The topological polar surface area (TPSA) is 21.3 Å². The molecule has 1 aromatic rings. The van der Waals surface area contributed by atoms with Crippen LogP contribution in [0, 0.1) is 12.3 Å². The van der Waals surface area contributed by atoms with E-state index >= 15 is 0 Å². The van der Waals surface area contributed by atoms with Gasteiger partial charge in [0.2, 0.25) is 0 Å². The van der Waals surface area contributed by atoms with E-state index in [1.807, 2.05) is 45.9 Å². The summed E-state index contributed by atoms with van der Waals surface area (Å²) in [5, 5.41) is 3.32. The van der Waals surface area contributed by atoms with Crippen molar-refractivity contribution < 1.29 is 4.74 Å². The van der Waals surface area contributed by atoms with Crippen molar-refractivity contribution >= 4 is 0 Å². The molecule has 0 aliphatic heterocycles. The average Bonchev–Trinajstić information content (AvgIpc) is 2.27. The molecular weight excluding hydrogens is 210 g/mol. The van der Waals surface area contributed by atoms with Gasteiger partial charge in [-0.1, -0.05) is 24.1 Å². The maximum Gasteiger partial charge on any atom is 0.124 e. The lowest BCUT2D eigenvalue weighted by Crippen LogP contribution is -2.37. The number of terminal acetylenes is 1. The Bertz CT molecular complexity index is 402. The molecule has 0 aliphatic carbocycles. The smallest absolute Gasteiger partial charge is 0.124 e. The fourth-order valence-electron chi connectivity index (χ4n) is 1.39. The van der Waals surface area contributed by atoms with Gasteiger partial charge in [-0.25, -0.2) is 0 Å². The zero-order valence-electron chi connectivity index (χ0n) is 11.1. The van der Waals surface area contributed by atoms with Gasteiger partial charge in [0.15, 0.2) is 0 Å². The normalized spacial score (nSPS) is 11.3. The number of nitrogens with one attached hydrogen (secondary N) is 1. The van der Waals surface area contributed by atoms with E-state index in [4.69, 9.17) is 11.2 Å². The van der Waals surface area contributed by atoms with Gasteiger partial charge >= 0.3 is 0 Å². The predicted molar refractivity (Wildman–Crippen MR) is 72.0 cm³/mol. The van der Waals surface area contributed by atoms with Gasteiger partial charge in [-0.3, -0.25) is 5.32 Å². The molecule has 0 heterocycles. The minimum Gasteiger partial charge on any atom is -0.491 e. The molecule has 0 spiro atoms. The Morgan fingerprint density at radius 3 is 2.59 bits per heavy atom. The zero-order chi connectivity index (χ0) is 12.9. The molecule has 2 heteroatoms. The largest absolute Gasteiger partial charge is 0.491 e. The first kappa shape index (κ1) is 13.6. The van der Waals surface area contributed by atoms with E-state index in [0.29, 0.717) is 6.54 Å². The van der Waals surface area contributed by atoms with Crippen molar-refractivity contribution in [1.29, 1.82) is 0 Å². The van der Waals surface area contributed by atoms with Crippen molar-refractivity contribution in [2.45, 2.75) is 45.9 Å². The van der Waals surface area contributed by atoms with Crippen molar-refractivity contribution in [2.24, 2.45) is 0 Å². The fourth-order valence-corrected chi connectivity index (χ4v) is 1.39. The summed E-state index contributed by atoms with van der Waals surface area (Å²) in [6.07, 6.45) is 5.62. The van der Waals surface area contributed by atoms with Gasteiger partial charge in [0.1, 0.15) is 5.75 Å². The summed E-state index contributed by atoms with van der Waals surface area (Å²) in [6.45, 7) is 8.73. The summed E-state index contributed by atoms with van der Waals surface area (Å²) < 4.78 is 5.75. The number of benzene rings is 1. The number of rotatable bonds is 5. The Balaban J connectivity index is 2.74. The maximum atomic E-state index is 5.75. The Labute approximate surface area is 104 Å². The van der Waals surface area contributed by atoms with Crippen molar-refractivity contribution in [3.8, 4) is 18.1 Å². The third-order valence-corrected chi connectivity index (χ3v) is 2.42. The number of hydrogen-bond acceptors (Lipinski definition) is 2. The molecule has 1 rings (SSSR count). The van der Waals surface area contributed by atoms with Crippen LogP contribution in [0.2, 0.25) is 0 Å². The summed E-state index contributed by atoms with van der Waals surface area (Å²) in [7, 11) is 0. The van der Waals surface area contributed by atoms with Crippen LogP contribution in [0.5, 0.6) is 5.75 Å². The van der Waals surface area contributed by atoms with Gasteiger partial charge in [0, 0.05) is 12.1 Å². The summed E-state index contributed by atoms with van der Waals surface area (Å²) in [5.74, 6) is 3.64. The highest BCUT2D eigenvalue weighted by atomic mass is 16.5. The van der Waals surface area contributed by atoms with Crippen LogP contribution in [-0.4, -0.2) is 11.6 Å². The highest BCUT2D eigenvalue weighted by Crippen LogP contribution is 2.19. The van der Waals surface area contributed by atoms with E-state index in [0.717, 1.165) is 11.3 Å².